The molecule has 1 rings (SSSR count). The summed E-state index contributed by atoms with van der Waals surface area (Å²) < 4.78 is 61.5. The van der Waals surface area contributed by atoms with Crippen LogP contribution in [0, 0.1) is 6.92 Å². The lowest BCUT2D eigenvalue weighted by atomic mass is 10.2. The maximum absolute atomic E-state index is 12.8. The van der Waals surface area contributed by atoms with Gasteiger partial charge in [-0.2, -0.15) is 22.0 Å². The smallest absolute Gasteiger partial charge is 0.388 e. The van der Waals surface area contributed by atoms with Crippen LogP contribution in [-0.4, -0.2) is 18.5 Å². The van der Waals surface area contributed by atoms with E-state index < -0.39 is 23.2 Å². The lowest BCUT2D eigenvalue weighted by Crippen LogP contribution is -2.32. The van der Waals surface area contributed by atoms with Gasteiger partial charge in [0, 0.05) is 17.6 Å². The van der Waals surface area contributed by atoms with E-state index >= 15 is 0 Å². The van der Waals surface area contributed by atoms with Gasteiger partial charge < -0.3 is 5.32 Å². The van der Waals surface area contributed by atoms with Crippen molar-refractivity contribution in [2.45, 2.75) is 23.3 Å². The molecular formula is C10H10F5NS. The lowest BCUT2D eigenvalue weighted by Gasteiger charge is -2.19. The Labute approximate surface area is 99.4 Å². The summed E-state index contributed by atoms with van der Waals surface area (Å²) in [6.07, 6.45) is -5.55. The number of halogens is 5. The van der Waals surface area contributed by atoms with Crippen LogP contribution in [0.25, 0.3) is 0 Å². The molecule has 96 valence electrons. The molecule has 0 aliphatic carbocycles. The summed E-state index contributed by atoms with van der Waals surface area (Å²) in [7, 11) is 1.64. The fourth-order valence-electron chi connectivity index (χ4n) is 1.19. The van der Waals surface area contributed by atoms with Crippen molar-refractivity contribution >= 4 is 17.4 Å². The van der Waals surface area contributed by atoms with Crippen LogP contribution >= 0.6 is 11.8 Å². The highest BCUT2D eigenvalue weighted by atomic mass is 32.2. The largest absolute Gasteiger partial charge is 0.464 e. The third-order valence-corrected chi connectivity index (χ3v) is 3.02. The maximum atomic E-state index is 12.8. The van der Waals surface area contributed by atoms with Crippen molar-refractivity contribution in [3.63, 3.8) is 0 Å². The van der Waals surface area contributed by atoms with E-state index in [0.717, 1.165) is 0 Å². The van der Waals surface area contributed by atoms with Crippen molar-refractivity contribution < 1.29 is 22.0 Å². The van der Waals surface area contributed by atoms with Gasteiger partial charge in [0.25, 0.3) is 0 Å². The second-order valence-corrected chi connectivity index (χ2v) is 4.53. The van der Waals surface area contributed by atoms with Gasteiger partial charge in [-0.1, -0.05) is 0 Å². The number of alkyl halides is 5. The first kappa shape index (κ1) is 14.1. The molecular weight excluding hydrogens is 261 g/mol. The second kappa shape index (κ2) is 4.72. The van der Waals surface area contributed by atoms with E-state index in [-0.39, 0.29) is 4.90 Å². The van der Waals surface area contributed by atoms with E-state index in [1.807, 2.05) is 0 Å². The summed E-state index contributed by atoms with van der Waals surface area (Å²) in [5.74, 6) is 0. The minimum absolute atomic E-state index is 0.121. The molecule has 0 heterocycles. The van der Waals surface area contributed by atoms with Crippen LogP contribution in [0.4, 0.5) is 27.6 Å². The Balaban J connectivity index is 2.93. The normalized spacial score (nSPS) is 12.6. The van der Waals surface area contributed by atoms with Crippen molar-refractivity contribution in [2.24, 2.45) is 0 Å². The van der Waals surface area contributed by atoms with Gasteiger partial charge in [0.1, 0.15) is 0 Å². The van der Waals surface area contributed by atoms with E-state index in [4.69, 9.17) is 0 Å². The van der Waals surface area contributed by atoms with E-state index in [9.17, 15) is 22.0 Å². The Bertz CT molecular complexity index is 402. The Hall–Kier alpha value is -0.980. The zero-order valence-corrected chi connectivity index (χ0v) is 9.85. The van der Waals surface area contributed by atoms with Gasteiger partial charge in [-0.15, -0.1) is 0 Å². The van der Waals surface area contributed by atoms with Gasteiger partial charge in [-0.25, -0.2) is 0 Å². The summed E-state index contributed by atoms with van der Waals surface area (Å²) in [5.41, 5.74) is 1.29. The molecule has 0 amide bonds. The number of hydrogen-bond acceptors (Lipinski definition) is 2. The molecule has 0 radical (unpaired) electrons. The zero-order chi connectivity index (χ0) is 13.3. The Morgan fingerprint density at radius 2 is 1.71 bits per heavy atom. The highest BCUT2D eigenvalue weighted by Gasteiger charge is 2.58. The van der Waals surface area contributed by atoms with Crippen molar-refractivity contribution in [1.29, 1.82) is 0 Å². The van der Waals surface area contributed by atoms with Crippen LogP contribution in [0.5, 0.6) is 0 Å². The van der Waals surface area contributed by atoms with Crippen molar-refractivity contribution in [3.8, 4) is 0 Å². The molecule has 0 aliphatic rings. The van der Waals surface area contributed by atoms with Gasteiger partial charge >= 0.3 is 11.4 Å². The van der Waals surface area contributed by atoms with E-state index in [1.165, 1.54) is 18.2 Å². The summed E-state index contributed by atoms with van der Waals surface area (Å²) >= 11 is -0.500. The molecule has 0 atom stereocenters. The average molecular weight is 271 g/mol. The maximum Gasteiger partial charge on any atom is 0.464 e. The monoisotopic (exact) mass is 271 g/mol. The molecule has 0 saturated heterocycles. The number of hydrogen-bond donors (Lipinski definition) is 1. The zero-order valence-electron chi connectivity index (χ0n) is 9.03. The minimum Gasteiger partial charge on any atom is -0.388 e. The fourth-order valence-corrected chi connectivity index (χ4v) is 1.97. The first-order chi connectivity index (χ1) is 7.67. The summed E-state index contributed by atoms with van der Waals surface area (Å²) in [5, 5.41) is -1.98. The van der Waals surface area contributed by atoms with E-state index in [0.29, 0.717) is 11.3 Å². The highest BCUT2D eigenvalue weighted by molar-refractivity contribution is 8.00. The van der Waals surface area contributed by atoms with E-state index in [2.05, 4.69) is 5.32 Å². The van der Waals surface area contributed by atoms with Gasteiger partial charge in [0.2, 0.25) is 0 Å². The molecule has 7 heteroatoms. The topological polar surface area (TPSA) is 12.0 Å². The molecule has 0 unspecified atom stereocenters. The number of rotatable bonds is 3. The molecule has 1 N–H and O–H groups in total. The van der Waals surface area contributed by atoms with Gasteiger partial charge in [-0.3, -0.25) is 0 Å². The summed E-state index contributed by atoms with van der Waals surface area (Å²) in [6.45, 7) is 1.63. The van der Waals surface area contributed by atoms with Crippen molar-refractivity contribution in [2.75, 3.05) is 12.4 Å². The minimum atomic E-state index is -5.55. The molecule has 17 heavy (non-hydrogen) atoms. The number of thioether (sulfide) groups is 1. The fraction of sp³-hybridized carbons (Fsp3) is 0.400. The third-order valence-electron chi connectivity index (χ3n) is 2.04. The molecule has 0 spiro atoms. The van der Waals surface area contributed by atoms with Crippen LogP contribution in [0.1, 0.15) is 5.56 Å². The van der Waals surface area contributed by atoms with Gasteiger partial charge in [0.15, 0.2) is 0 Å². The highest BCUT2D eigenvalue weighted by Crippen LogP contribution is 2.47. The van der Waals surface area contributed by atoms with Crippen molar-refractivity contribution in [3.05, 3.63) is 23.8 Å². The Kier molecular flexibility index (Phi) is 3.91. The Morgan fingerprint density at radius 3 is 2.12 bits per heavy atom. The Morgan fingerprint density at radius 1 is 1.12 bits per heavy atom. The predicted molar refractivity (Wildman–Crippen MR) is 57.6 cm³/mol. The van der Waals surface area contributed by atoms with Crippen LogP contribution in [0.2, 0.25) is 0 Å². The number of aryl methyl sites for hydroxylation is 1. The number of anilines is 1. The molecule has 0 aromatic heterocycles. The summed E-state index contributed by atoms with van der Waals surface area (Å²) in [4.78, 5) is -0.121. The van der Waals surface area contributed by atoms with Crippen LogP contribution in [0.15, 0.2) is 23.1 Å². The van der Waals surface area contributed by atoms with Gasteiger partial charge in [0.05, 0.1) is 0 Å². The van der Waals surface area contributed by atoms with Crippen LogP contribution in [0.3, 0.4) is 0 Å². The SMILES string of the molecule is CNc1ccc(SC(F)(F)C(F)(F)F)cc1C. The molecule has 0 fully saturated rings. The van der Waals surface area contributed by atoms with Crippen LogP contribution < -0.4 is 5.32 Å². The average Bonchev–Trinajstić information content (AvgIpc) is 2.15. The predicted octanol–water partition coefficient (Wildman–Crippen LogP) is 4.28. The second-order valence-electron chi connectivity index (χ2n) is 3.34. The van der Waals surface area contributed by atoms with Gasteiger partial charge in [-0.05, 0) is 42.4 Å². The third kappa shape index (κ3) is 3.24. The lowest BCUT2D eigenvalue weighted by molar-refractivity contribution is -0.237. The molecule has 1 aromatic rings. The molecule has 0 bridgehead atoms. The molecule has 1 aromatic carbocycles. The summed E-state index contributed by atoms with van der Waals surface area (Å²) in [6, 6.07) is 3.98. The first-order valence-electron chi connectivity index (χ1n) is 4.59. The molecule has 0 aliphatic heterocycles. The first-order valence-corrected chi connectivity index (χ1v) is 5.41. The molecule has 0 saturated carbocycles. The standard InChI is InChI=1S/C10H10F5NS/c1-6-5-7(3-4-8(6)16-2)17-10(14,15)9(11,12)13/h3-5,16H,1-2H3. The van der Waals surface area contributed by atoms with E-state index in [1.54, 1.807) is 14.0 Å². The quantitative estimate of drug-likeness (QED) is 0.650. The van der Waals surface area contributed by atoms with Crippen LogP contribution in [-0.2, 0) is 0 Å². The molecule has 1 nitrogen and oxygen atoms in total. The number of nitrogens with one attached hydrogen (secondary N) is 1. The van der Waals surface area contributed by atoms with Crippen molar-refractivity contribution in [1.82, 2.24) is 0 Å². The number of benzene rings is 1.